The first-order valence-electron chi connectivity index (χ1n) is 10.7. The number of carbonyl (C=O) groups is 1. The lowest BCUT2D eigenvalue weighted by molar-refractivity contribution is -0.384. The molecule has 35 heavy (non-hydrogen) atoms. The van der Waals surface area contributed by atoms with Crippen LogP contribution >= 0.6 is 11.8 Å². The molecule has 0 radical (unpaired) electrons. The van der Waals surface area contributed by atoms with Crippen molar-refractivity contribution in [3.63, 3.8) is 0 Å². The van der Waals surface area contributed by atoms with Crippen molar-refractivity contribution in [3.05, 3.63) is 92.8 Å². The average molecular weight is 491 g/mol. The normalized spacial score (nSPS) is 11.7. The van der Waals surface area contributed by atoms with Crippen molar-refractivity contribution in [2.75, 3.05) is 12.4 Å². The quantitative estimate of drug-likeness (QED) is 0.172. The molecule has 0 saturated heterocycles. The van der Waals surface area contributed by atoms with E-state index in [1.54, 1.807) is 43.3 Å². The molecule has 0 spiro atoms. The molecule has 0 unspecified atom stereocenters. The zero-order valence-electron chi connectivity index (χ0n) is 19.2. The standard InChI is InChI=1S/C25H22N4O5S/c1-15-11-12-22(34-3)21(13-15)28-24(31)19-9-4-5-10-20(19)27-25(28)35-16(2)23(30)26-17-7-6-8-18(14-17)29(32)33/h4-14,16H,1-3H3,(H,26,30)/t16-/m1/s1. The maximum atomic E-state index is 13.6. The number of aromatic nitrogens is 2. The number of fused-ring (bicyclic) bond motifs is 1. The number of ether oxygens (including phenoxy) is 1. The van der Waals surface area contributed by atoms with Gasteiger partial charge < -0.3 is 10.1 Å². The molecular weight excluding hydrogens is 468 g/mol. The highest BCUT2D eigenvalue weighted by Crippen LogP contribution is 2.30. The number of para-hydroxylation sites is 1. The summed E-state index contributed by atoms with van der Waals surface area (Å²) < 4.78 is 6.96. The van der Waals surface area contributed by atoms with Crippen LogP contribution < -0.4 is 15.6 Å². The Morgan fingerprint density at radius 2 is 1.91 bits per heavy atom. The van der Waals surface area contributed by atoms with Gasteiger partial charge >= 0.3 is 0 Å². The molecule has 10 heteroatoms. The zero-order valence-corrected chi connectivity index (χ0v) is 20.0. The number of non-ortho nitro benzene ring substituents is 1. The molecule has 0 bridgehead atoms. The van der Waals surface area contributed by atoms with E-state index in [4.69, 9.17) is 4.74 Å². The summed E-state index contributed by atoms with van der Waals surface area (Å²) in [5.41, 5.74) is 1.85. The highest BCUT2D eigenvalue weighted by atomic mass is 32.2. The van der Waals surface area contributed by atoms with Gasteiger partial charge in [-0.25, -0.2) is 4.98 Å². The molecule has 1 aromatic heterocycles. The smallest absolute Gasteiger partial charge is 0.271 e. The van der Waals surface area contributed by atoms with Gasteiger partial charge in [0.25, 0.3) is 11.2 Å². The summed E-state index contributed by atoms with van der Waals surface area (Å²) >= 11 is 1.11. The molecule has 4 aromatic rings. The summed E-state index contributed by atoms with van der Waals surface area (Å²) in [6, 6.07) is 18.2. The summed E-state index contributed by atoms with van der Waals surface area (Å²) in [5.74, 6) is 0.103. The number of nitro groups is 1. The Labute approximate surface area is 204 Å². The second-order valence-electron chi connectivity index (χ2n) is 7.78. The number of hydrogen-bond acceptors (Lipinski definition) is 7. The third kappa shape index (κ3) is 5.02. The third-order valence-electron chi connectivity index (χ3n) is 5.30. The number of anilines is 1. The lowest BCUT2D eigenvalue weighted by Gasteiger charge is -2.18. The van der Waals surface area contributed by atoms with Gasteiger partial charge in [0, 0.05) is 17.8 Å². The first-order valence-corrected chi connectivity index (χ1v) is 11.5. The molecule has 3 aromatic carbocycles. The molecule has 1 N–H and O–H groups in total. The van der Waals surface area contributed by atoms with Crippen LogP contribution in [-0.2, 0) is 4.79 Å². The Bertz CT molecular complexity index is 1500. The highest BCUT2D eigenvalue weighted by Gasteiger charge is 2.22. The number of rotatable bonds is 7. The first-order chi connectivity index (χ1) is 16.8. The maximum absolute atomic E-state index is 13.6. The Kier molecular flexibility index (Phi) is 6.83. The minimum absolute atomic E-state index is 0.125. The summed E-state index contributed by atoms with van der Waals surface area (Å²) in [4.78, 5) is 41.7. The number of nitrogens with zero attached hydrogens (tertiary/aromatic N) is 3. The van der Waals surface area contributed by atoms with Crippen LogP contribution in [0.4, 0.5) is 11.4 Å². The Morgan fingerprint density at radius 1 is 1.14 bits per heavy atom. The van der Waals surface area contributed by atoms with E-state index in [0.717, 1.165) is 17.3 Å². The minimum atomic E-state index is -0.677. The van der Waals surface area contributed by atoms with Crippen molar-refractivity contribution in [2.45, 2.75) is 24.3 Å². The molecule has 1 atom stereocenters. The van der Waals surface area contributed by atoms with Crippen molar-refractivity contribution < 1.29 is 14.5 Å². The molecule has 178 valence electrons. The van der Waals surface area contributed by atoms with Crippen molar-refractivity contribution in [1.82, 2.24) is 9.55 Å². The summed E-state index contributed by atoms with van der Waals surface area (Å²) in [7, 11) is 1.52. The second-order valence-corrected chi connectivity index (χ2v) is 9.09. The van der Waals surface area contributed by atoms with Crippen molar-refractivity contribution >= 4 is 39.9 Å². The van der Waals surface area contributed by atoms with E-state index in [9.17, 15) is 19.7 Å². The number of thioether (sulfide) groups is 1. The molecule has 0 aliphatic heterocycles. The number of hydrogen-bond donors (Lipinski definition) is 1. The van der Waals surface area contributed by atoms with E-state index < -0.39 is 10.2 Å². The Hall–Kier alpha value is -4.18. The predicted octanol–water partition coefficient (Wildman–Crippen LogP) is 4.73. The van der Waals surface area contributed by atoms with Gasteiger partial charge in [-0.1, -0.05) is 36.0 Å². The van der Waals surface area contributed by atoms with Gasteiger partial charge in [0.05, 0.1) is 33.9 Å². The number of nitro benzene ring substituents is 1. The number of nitrogens with one attached hydrogen (secondary N) is 1. The maximum Gasteiger partial charge on any atom is 0.271 e. The van der Waals surface area contributed by atoms with Crippen molar-refractivity contribution in [1.29, 1.82) is 0 Å². The Morgan fingerprint density at radius 3 is 2.66 bits per heavy atom. The number of benzene rings is 3. The molecule has 0 aliphatic rings. The lowest BCUT2D eigenvalue weighted by atomic mass is 10.2. The third-order valence-corrected chi connectivity index (χ3v) is 6.35. The van der Waals surface area contributed by atoms with E-state index in [1.165, 1.54) is 29.9 Å². The first kappa shape index (κ1) is 24.0. The van der Waals surface area contributed by atoms with Crippen molar-refractivity contribution in [3.8, 4) is 11.4 Å². The monoisotopic (exact) mass is 490 g/mol. The molecule has 0 saturated carbocycles. The molecule has 1 heterocycles. The van der Waals surface area contributed by atoms with Gasteiger partial charge in [-0.15, -0.1) is 0 Å². The van der Waals surface area contributed by atoms with E-state index >= 15 is 0 Å². The predicted molar refractivity (Wildman–Crippen MR) is 136 cm³/mol. The Balaban J connectivity index is 1.75. The minimum Gasteiger partial charge on any atom is -0.495 e. The number of carbonyl (C=O) groups excluding carboxylic acids is 1. The van der Waals surface area contributed by atoms with Crippen LogP contribution in [-0.4, -0.2) is 32.7 Å². The topological polar surface area (TPSA) is 116 Å². The van der Waals surface area contributed by atoms with Gasteiger partial charge in [0.1, 0.15) is 5.75 Å². The molecule has 0 fully saturated rings. The number of methoxy groups -OCH3 is 1. The van der Waals surface area contributed by atoms with Crippen molar-refractivity contribution in [2.24, 2.45) is 0 Å². The average Bonchev–Trinajstić information content (AvgIpc) is 2.84. The lowest BCUT2D eigenvalue weighted by Crippen LogP contribution is -2.26. The fraction of sp³-hybridized carbons (Fsp3) is 0.160. The second kappa shape index (κ2) is 9.98. The van der Waals surface area contributed by atoms with Crippen LogP contribution in [0, 0.1) is 17.0 Å². The zero-order chi connectivity index (χ0) is 25.1. The van der Waals surface area contributed by atoms with E-state index in [1.807, 2.05) is 19.1 Å². The van der Waals surface area contributed by atoms with Gasteiger partial charge in [0.2, 0.25) is 5.91 Å². The summed E-state index contributed by atoms with van der Waals surface area (Å²) in [6.07, 6.45) is 0. The summed E-state index contributed by atoms with van der Waals surface area (Å²) in [6.45, 7) is 3.58. The van der Waals surface area contributed by atoms with Crippen LogP contribution in [0.2, 0.25) is 0 Å². The van der Waals surface area contributed by atoms with Crippen LogP contribution in [0.5, 0.6) is 5.75 Å². The van der Waals surface area contributed by atoms with E-state index in [2.05, 4.69) is 10.3 Å². The number of aryl methyl sites for hydroxylation is 1. The van der Waals surface area contributed by atoms with Gasteiger partial charge in [-0.3, -0.25) is 24.3 Å². The molecule has 4 rings (SSSR count). The largest absolute Gasteiger partial charge is 0.495 e. The molecule has 9 nitrogen and oxygen atoms in total. The van der Waals surface area contributed by atoms with Gasteiger partial charge in [-0.05, 0) is 49.7 Å². The van der Waals surface area contributed by atoms with Crippen LogP contribution in [0.15, 0.2) is 76.7 Å². The highest BCUT2D eigenvalue weighted by molar-refractivity contribution is 8.00. The molecular formula is C25H22N4O5S. The van der Waals surface area contributed by atoms with Crippen LogP contribution in [0.25, 0.3) is 16.6 Å². The summed E-state index contributed by atoms with van der Waals surface area (Å²) in [5, 5.41) is 13.8. The SMILES string of the molecule is COc1ccc(C)cc1-n1c(S[C@H](C)C(=O)Nc2cccc([N+](=O)[O-])c2)nc2ccccc2c1=O. The van der Waals surface area contributed by atoms with Gasteiger partial charge in [-0.2, -0.15) is 0 Å². The number of amides is 1. The molecule has 1 amide bonds. The molecule has 0 aliphatic carbocycles. The van der Waals surface area contributed by atoms with E-state index in [-0.39, 0.29) is 17.2 Å². The fourth-order valence-electron chi connectivity index (χ4n) is 3.53. The van der Waals surface area contributed by atoms with Gasteiger partial charge in [0.15, 0.2) is 5.16 Å². The van der Waals surface area contributed by atoms with Crippen LogP contribution in [0.1, 0.15) is 12.5 Å². The van der Waals surface area contributed by atoms with Crippen LogP contribution in [0.3, 0.4) is 0 Å². The fourth-order valence-corrected chi connectivity index (χ4v) is 4.45. The van der Waals surface area contributed by atoms with E-state index in [0.29, 0.717) is 33.2 Å².